The molecule has 0 aromatic carbocycles. The van der Waals surface area contributed by atoms with Crippen molar-refractivity contribution in [2.75, 3.05) is 45.5 Å². The largest absolute Gasteiger partial charge is 0.314 e. The highest BCUT2D eigenvalue weighted by atomic mass is 32.2. The van der Waals surface area contributed by atoms with E-state index in [4.69, 9.17) is 0 Å². The maximum atomic E-state index is 11.9. The third kappa shape index (κ3) is 2.82. The monoisotopic (exact) mass is 287 g/mol. The number of rotatable bonds is 3. The van der Waals surface area contributed by atoms with Crippen LogP contribution in [0.5, 0.6) is 0 Å². The van der Waals surface area contributed by atoms with E-state index in [1.54, 1.807) is 0 Å². The first-order valence-electron chi connectivity index (χ1n) is 7.43. The molecule has 0 radical (unpaired) electrons. The number of piperazine rings is 1. The Morgan fingerprint density at radius 3 is 2.16 bits per heavy atom. The molecule has 2 heterocycles. The van der Waals surface area contributed by atoms with E-state index in [0.717, 1.165) is 64.6 Å². The molecule has 1 N–H and O–H groups in total. The lowest BCUT2D eigenvalue weighted by molar-refractivity contribution is 0.0536. The fourth-order valence-corrected chi connectivity index (χ4v) is 5.26. The molecule has 0 aromatic heterocycles. The van der Waals surface area contributed by atoms with Crippen molar-refractivity contribution in [2.45, 2.75) is 36.6 Å². The van der Waals surface area contributed by atoms with Gasteiger partial charge in [-0.05, 0) is 12.8 Å². The molecule has 110 valence electrons. The van der Waals surface area contributed by atoms with E-state index in [1.807, 2.05) is 0 Å². The molecule has 0 amide bonds. The van der Waals surface area contributed by atoms with E-state index in [2.05, 4.69) is 15.1 Å². The Hall–Kier alpha value is -0.170. The smallest absolute Gasteiger partial charge is 0.151 e. The fourth-order valence-electron chi connectivity index (χ4n) is 3.79. The van der Waals surface area contributed by atoms with Gasteiger partial charge in [-0.3, -0.25) is 9.80 Å². The number of sulfone groups is 1. The van der Waals surface area contributed by atoms with Gasteiger partial charge in [-0.1, -0.05) is 6.42 Å². The predicted molar refractivity (Wildman–Crippen MR) is 76.1 cm³/mol. The van der Waals surface area contributed by atoms with Crippen LogP contribution in [0.2, 0.25) is 0 Å². The van der Waals surface area contributed by atoms with E-state index < -0.39 is 9.84 Å². The van der Waals surface area contributed by atoms with Crippen LogP contribution in [0.15, 0.2) is 0 Å². The summed E-state index contributed by atoms with van der Waals surface area (Å²) < 4.78 is 23.7. The predicted octanol–water partition coefficient (Wildman–Crippen LogP) is -0.458. The van der Waals surface area contributed by atoms with Crippen molar-refractivity contribution in [3.8, 4) is 0 Å². The quantitative estimate of drug-likeness (QED) is 0.761. The number of nitrogens with zero attached hydrogens (tertiary/aromatic N) is 2. The summed E-state index contributed by atoms with van der Waals surface area (Å²) in [4.78, 5) is 4.98. The Bertz CT molecular complexity index is 414. The summed E-state index contributed by atoms with van der Waals surface area (Å²) in [7, 11) is -2.89. The van der Waals surface area contributed by atoms with E-state index in [-0.39, 0.29) is 11.3 Å². The molecule has 2 aliphatic heterocycles. The van der Waals surface area contributed by atoms with Crippen LogP contribution >= 0.6 is 0 Å². The summed E-state index contributed by atoms with van der Waals surface area (Å²) in [6.45, 7) is 6.50. The van der Waals surface area contributed by atoms with Gasteiger partial charge in [0.15, 0.2) is 9.84 Å². The highest BCUT2D eigenvalue weighted by Gasteiger charge is 2.40. The molecule has 6 heteroatoms. The van der Waals surface area contributed by atoms with Crippen LogP contribution in [0.25, 0.3) is 0 Å². The molecule has 0 aromatic rings. The molecule has 2 atom stereocenters. The minimum absolute atomic E-state index is 0.121. The fraction of sp³-hybridized carbons (Fsp3) is 1.00. The van der Waals surface area contributed by atoms with Crippen LogP contribution in [-0.2, 0) is 9.84 Å². The van der Waals surface area contributed by atoms with E-state index in [9.17, 15) is 8.42 Å². The van der Waals surface area contributed by atoms with E-state index in [0.29, 0.717) is 0 Å². The summed E-state index contributed by atoms with van der Waals surface area (Å²) in [5, 5.41) is 3.20. The first-order valence-corrected chi connectivity index (χ1v) is 9.39. The summed E-state index contributed by atoms with van der Waals surface area (Å²) in [6, 6.07) is 0.994. The lowest BCUT2D eigenvalue weighted by Crippen LogP contribution is -2.63. The van der Waals surface area contributed by atoms with Crippen LogP contribution in [0.1, 0.15) is 19.3 Å². The van der Waals surface area contributed by atoms with Crippen molar-refractivity contribution >= 4 is 9.84 Å². The van der Waals surface area contributed by atoms with Gasteiger partial charge in [-0.25, -0.2) is 8.42 Å². The lowest BCUT2D eigenvalue weighted by Gasteiger charge is -2.45. The van der Waals surface area contributed by atoms with E-state index in [1.165, 1.54) is 6.26 Å². The molecule has 1 aliphatic carbocycles. The molecule has 0 spiro atoms. The van der Waals surface area contributed by atoms with Gasteiger partial charge in [0.2, 0.25) is 0 Å². The van der Waals surface area contributed by atoms with Crippen molar-refractivity contribution in [2.24, 2.45) is 0 Å². The standard InChI is InChI=1S/C13H25N3O2S/c1-19(17,18)13-4-2-3-12(13)16-7-5-15(6-8-16)11-9-14-10-11/h11-14H,2-10H2,1H3. The van der Waals surface area contributed by atoms with E-state index >= 15 is 0 Å². The number of hydrogen-bond acceptors (Lipinski definition) is 5. The first-order chi connectivity index (χ1) is 9.05. The number of hydrogen-bond donors (Lipinski definition) is 1. The summed E-state index contributed by atoms with van der Waals surface area (Å²) in [5.74, 6) is 0. The zero-order valence-electron chi connectivity index (χ0n) is 11.7. The SMILES string of the molecule is CS(=O)(=O)C1CCCC1N1CCN(C2CNC2)CC1. The normalized spacial score (nSPS) is 35.4. The van der Waals surface area contributed by atoms with Crippen LogP contribution in [0, 0.1) is 0 Å². The van der Waals surface area contributed by atoms with Gasteiger partial charge < -0.3 is 5.32 Å². The minimum Gasteiger partial charge on any atom is -0.314 e. The first kappa shape index (κ1) is 13.8. The van der Waals surface area contributed by atoms with Gasteiger partial charge in [0.05, 0.1) is 5.25 Å². The van der Waals surface area contributed by atoms with Crippen LogP contribution in [0.3, 0.4) is 0 Å². The van der Waals surface area contributed by atoms with Crippen molar-refractivity contribution in [1.29, 1.82) is 0 Å². The summed E-state index contributed by atoms with van der Waals surface area (Å²) >= 11 is 0. The number of nitrogens with one attached hydrogen (secondary N) is 1. The Morgan fingerprint density at radius 2 is 1.63 bits per heavy atom. The Labute approximate surface area is 116 Å². The van der Waals surface area contributed by atoms with Gasteiger partial charge in [0, 0.05) is 57.6 Å². The van der Waals surface area contributed by atoms with Crippen LogP contribution < -0.4 is 5.32 Å². The Morgan fingerprint density at radius 1 is 1.00 bits per heavy atom. The molecule has 2 saturated heterocycles. The highest BCUT2D eigenvalue weighted by Crippen LogP contribution is 2.30. The highest BCUT2D eigenvalue weighted by molar-refractivity contribution is 7.91. The van der Waals surface area contributed by atoms with Crippen molar-refractivity contribution in [3.63, 3.8) is 0 Å². The van der Waals surface area contributed by atoms with Gasteiger partial charge >= 0.3 is 0 Å². The summed E-state index contributed by atoms with van der Waals surface area (Å²) in [6.07, 6.45) is 4.39. The maximum Gasteiger partial charge on any atom is 0.151 e. The van der Waals surface area contributed by atoms with Gasteiger partial charge in [-0.15, -0.1) is 0 Å². The molecular formula is C13H25N3O2S. The minimum atomic E-state index is -2.89. The van der Waals surface area contributed by atoms with Gasteiger partial charge in [0.25, 0.3) is 0 Å². The zero-order valence-corrected chi connectivity index (χ0v) is 12.5. The molecule has 1 saturated carbocycles. The van der Waals surface area contributed by atoms with Crippen LogP contribution in [0.4, 0.5) is 0 Å². The summed E-state index contributed by atoms with van der Waals surface area (Å²) in [5.41, 5.74) is 0. The lowest BCUT2D eigenvalue weighted by atomic mass is 10.1. The molecule has 3 fully saturated rings. The average molecular weight is 287 g/mol. The van der Waals surface area contributed by atoms with Crippen LogP contribution in [-0.4, -0.2) is 81.1 Å². The average Bonchev–Trinajstić information content (AvgIpc) is 2.76. The van der Waals surface area contributed by atoms with Gasteiger partial charge in [0.1, 0.15) is 0 Å². The molecular weight excluding hydrogens is 262 g/mol. The maximum absolute atomic E-state index is 11.9. The second-order valence-corrected chi connectivity index (χ2v) is 8.51. The van der Waals surface area contributed by atoms with Crippen molar-refractivity contribution < 1.29 is 8.42 Å². The Kier molecular flexibility index (Phi) is 3.86. The zero-order chi connectivity index (χ0) is 13.5. The van der Waals surface area contributed by atoms with Gasteiger partial charge in [-0.2, -0.15) is 0 Å². The van der Waals surface area contributed by atoms with Crippen molar-refractivity contribution in [1.82, 2.24) is 15.1 Å². The molecule has 19 heavy (non-hydrogen) atoms. The topological polar surface area (TPSA) is 52.7 Å². The molecule has 5 nitrogen and oxygen atoms in total. The molecule has 0 bridgehead atoms. The van der Waals surface area contributed by atoms with Crippen molar-refractivity contribution in [3.05, 3.63) is 0 Å². The molecule has 3 rings (SSSR count). The molecule has 2 unspecified atom stereocenters. The Balaban J connectivity index is 1.58. The second kappa shape index (κ2) is 5.31. The molecule has 3 aliphatic rings. The second-order valence-electron chi connectivity index (χ2n) is 6.25. The third-order valence-electron chi connectivity index (χ3n) is 5.06. The third-order valence-corrected chi connectivity index (χ3v) is 6.71.